The Hall–Kier alpha value is -1.15. The second-order valence-corrected chi connectivity index (χ2v) is 2.39. The molecule has 0 saturated carbocycles. The number of aldehydes is 1. The summed E-state index contributed by atoms with van der Waals surface area (Å²) in [6.45, 7) is 0. The molecule has 0 aromatic heterocycles. The lowest BCUT2D eigenvalue weighted by Crippen LogP contribution is -2.10. The van der Waals surface area contributed by atoms with Gasteiger partial charge in [-0.25, -0.2) is 0 Å². The van der Waals surface area contributed by atoms with Crippen LogP contribution in [0.25, 0.3) is 0 Å². The summed E-state index contributed by atoms with van der Waals surface area (Å²) in [6, 6.07) is 9.43. The average molecular weight is 150 g/mol. The predicted molar refractivity (Wildman–Crippen MR) is 42.2 cm³/mol. The highest BCUT2D eigenvalue weighted by atomic mass is 16.3. The fourth-order valence-electron chi connectivity index (χ4n) is 0.904. The predicted octanol–water partition coefficient (Wildman–Crippen LogP) is 0.789. The highest BCUT2D eigenvalue weighted by Gasteiger charge is 2.01. The molecule has 0 radical (unpaired) electrons. The maximum absolute atomic E-state index is 10.1. The van der Waals surface area contributed by atoms with E-state index in [4.69, 9.17) is 5.11 Å². The molecule has 0 bridgehead atoms. The van der Waals surface area contributed by atoms with Crippen molar-refractivity contribution in [1.82, 2.24) is 0 Å². The van der Waals surface area contributed by atoms with Gasteiger partial charge >= 0.3 is 0 Å². The molecule has 11 heavy (non-hydrogen) atoms. The summed E-state index contributed by atoms with van der Waals surface area (Å²) in [5, 5.41) is 8.94. The van der Waals surface area contributed by atoms with Crippen molar-refractivity contribution in [3.8, 4) is 0 Å². The fraction of sp³-hybridized carbons (Fsp3) is 0.222. The molecular formula is C9H10O2. The Morgan fingerprint density at radius 1 is 1.36 bits per heavy atom. The van der Waals surface area contributed by atoms with Gasteiger partial charge in [0.25, 0.3) is 0 Å². The van der Waals surface area contributed by atoms with E-state index in [0.29, 0.717) is 12.7 Å². The first-order chi connectivity index (χ1) is 5.33. The lowest BCUT2D eigenvalue weighted by Gasteiger charge is -2.01. The zero-order chi connectivity index (χ0) is 8.10. The van der Waals surface area contributed by atoms with Crippen LogP contribution in [0.15, 0.2) is 30.3 Å². The van der Waals surface area contributed by atoms with Gasteiger partial charge in [0.2, 0.25) is 0 Å². The molecule has 0 saturated heterocycles. The van der Waals surface area contributed by atoms with Gasteiger partial charge in [0.05, 0.1) is 0 Å². The van der Waals surface area contributed by atoms with Crippen molar-refractivity contribution in [3.63, 3.8) is 0 Å². The molecule has 58 valence electrons. The Bertz CT molecular complexity index is 218. The second-order valence-electron chi connectivity index (χ2n) is 2.39. The Balaban J connectivity index is 2.57. The van der Waals surface area contributed by atoms with Crippen LogP contribution in [0.3, 0.4) is 0 Å². The van der Waals surface area contributed by atoms with Gasteiger partial charge < -0.3 is 9.90 Å². The summed E-state index contributed by atoms with van der Waals surface area (Å²) in [5.41, 5.74) is 0.979. The quantitative estimate of drug-likeness (QED) is 0.647. The van der Waals surface area contributed by atoms with Crippen LogP contribution in [-0.4, -0.2) is 17.5 Å². The van der Waals surface area contributed by atoms with Crippen molar-refractivity contribution < 1.29 is 9.90 Å². The highest BCUT2D eigenvalue weighted by Crippen LogP contribution is 2.00. The molecule has 0 fully saturated rings. The Morgan fingerprint density at radius 3 is 2.55 bits per heavy atom. The molecule has 0 aliphatic carbocycles. The van der Waals surface area contributed by atoms with Crippen LogP contribution >= 0.6 is 0 Å². The van der Waals surface area contributed by atoms with Crippen LogP contribution in [0.2, 0.25) is 0 Å². The molecule has 2 heteroatoms. The van der Waals surface area contributed by atoms with E-state index in [1.165, 1.54) is 0 Å². The van der Waals surface area contributed by atoms with E-state index >= 15 is 0 Å². The summed E-state index contributed by atoms with van der Waals surface area (Å²) in [6.07, 6.45) is 0.0922. The van der Waals surface area contributed by atoms with Gasteiger partial charge in [0.1, 0.15) is 12.4 Å². The number of carbonyl (C=O) groups excluding carboxylic acids is 1. The van der Waals surface area contributed by atoms with Gasteiger partial charge in [0, 0.05) is 6.42 Å². The minimum Gasteiger partial charge on any atom is -0.385 e. The smallest absolute Gasteiger partial charge is 0.148 e. The van der Waals surface area contributed by atoms with Crippen molar-refractivity contribution >= 4 is 6.29 Å². The van der Waals surface area contributed by atoms with Crippen molar-refractivity contribution in [2.75, 3.05) is 0 Å². The van der Waals surface area contributed by atoms with Crippen LogP contribution in [0, 0.1) is 0 Å². The van der Waals surface area contributed by atoms with Crippen molar-refractivity contribution in [1.29, 1.82) is 0 Å². The summed E-state index contributed by atoms with van der Waals surface area (Å²) in [5.74, 6) is 0. The zero-order valence-corrected chi connectivity index (χ0v) is 6.10. The normalized spacial score (nSPS) is 12.5. The maximum Gasteiger partial charge on any atom is 0.148 e. The third-order valence-corrected chi connectivity index (χ3v) is 1.44. The van der Waals surface area contributed by atoms with E-state index in [1.807, 2.05) is 30.3 Å². The molecule has 0 unspecified atom stereocenters. The largest absolute Gasteiger partial charge is 0.385 e. The van der Waals surface area contributed by atoms with E-state index in [2.05, 4.69) is 0 Å². The number of aliphatic hydroxyl groups excluding tert-OH is 1. The monoisotopic (exact) mass is 150 g/mol. The van der Waals surface area contributed by atoms with Gasteiger partial charge in [-0.15, -0.1) is 0 Å². The molecular weight excluding hydrogens is 140 g/mol. The molecule has 0 amide bonds. The first-order valence-corrected chi connectivity index (χ1v) is 3.50. The number of carbonyl (C=O) groups is 1. The molecule has 1 atom stereocenters. The van der Waals surface area contributed by atoms with Gasteiger partial charge in [-0.2, -0.15) is 0 Å². The molecule has 1 aromatic rings. The lowest BCUT2D eigenvalue weighted by molar-refractivity contribution is -0.114. The topological polar surface area (TPSA) is 37.3 Å². The first-order valence-electron chi connectivity index (χ1n) is 3.50. The molecule has 1 aromatic carbocycles. The second kappa shape index (κ2) is 3.88. The molecule has 1 N–H and O–H groups in total. The molecule has 0 heterocycles. The van der Waals surface area contributed by atoms with Crippen molar-refractivity contribution in [2.24, 2.45) is 0 Å². The van der Waals surface area contributed by atoms with Crippen LogP contribution < -0.4 is 0 Å². The van der Waals surface area contributed by atoms with E-state index in [9.17, 15) is 4.79 Å². The molecule has 2 nitrogen and oxygen atoms in total. The highest BCUT2D eigenvalue weighted by molar-refractivity contribution is 5.56. The number of aliphatic hydroxyl groups is 1. The minimum absolute atomic E-state index is 0.407. The summed E-state index contributed by atoms with van der Waals surface area (Å²) in [7, 11) is 0. The number of benzene rings is 1. The Morgan fingerprint density at radius 2 is 2.00 bits per heavy atom. The van der Waals surface area contributed by atoms with E-state index in [-0.39, 0.29) is 0 Å². The van der Waals surface area contributed by atoms with Crippen molar-refractivity contribution in [3.05, 3.63) is 35.9 Å². The van der Waals surface area contributed by atoms with E-state index in [0.717, 1.165) is 5.56 Å². The third kappa shape index (κ3) is 2.51. The van der Waals surface area contributed by atoms with Crippen LogP contribution in [0.4, 0.5) is 0 Å². The molecule has 0 aliphatic rings. The molecule has 1 rings (SSSR count). The van der Waals surface area contributed by atoms with Gasteiger partial charge in [-0.1, -0.05) is 30.3 Å². The lowest BCUT2D eigenvalue weighted by atomic mass is 10.1. The molecule has 0 spiro atoms. The first kappa shape index (κ1) is 7.95. The van der Waals surface area contributed by atoms with Gasteiger partial charge in [-0.05, 0) is 5.56 Å². The standard InChI is InChI=1S/C9H10O2/c10-7-9(11)6-8-4-2-1-3-5-8/h1-5,7,9,11H,6H2/t9-/m1/s1. The minimum atomic E-state index is -0.864. The summed E-state index contributed by atoms with van der Waals surface area (Å²) >= 11 is 0. The third-order valence-electron chi connectivity index (χ3n) is 1.44. The number of hydrogen-bond acceptors (Lipinski definition) is 2. The SMILES string of the molecule is O=C[C@H](O)Cc1ccccc1. The summed E-state index contributed by atoms with van der Waals surface area (Å²) < 4.78 is 0. The average Bonchev–Trinajstić information content (AvgIpc) is 2.06. The van der Waals surface area contributed by atoms with Crippen LogP contribution in [-0.2, 0) is 11.2 Å². The van der Waals surface area contributed by atoms with Crippen LogP contribution in [0.5, 0.6) is 0 Å². The summed E-state index contributed by atoms with van der Waals surface area (Å²) in [4.78, 5) is 10.1. The van der Waals surface area contributed by atoms with Gasteiger partial charge in [0.15, 0.2) is 0 Å². The number of hydrogen-bond donors (Lipinski definition) is 1. The maximum atomic E-state index is 10.1. The zero-order valence-electron chi connectivity index (χ0n) is 6.10. The molecule has 0 aliphatic heterocycles. The van der Waals surface area contributed by atoms with E-state index in [1.54, 1.807) is 0 Å². The van der Waals surface area contributed by atoms with Crippen molar-refractivity contribution in [2.45, 2.75) is 12.5 Å². The Kier molecular flexibility index (Phi) is 2.81. The van der Waals surface area contributed by atoms with Crippen LogP contribution in [0.1, 0.15) is 5.56 Å². The van der Waals surface area contributed by atoms with E-state index < -0.39 is 6.10 Å². The Labute approximate surface area is 65.5 Å². The van der Waals surface area contributed by atoms with Gasteiger partial charge in [-0.3, -0.25) is 0 Å². The fourth-order valence-corrected chi connectivity index (χ4v) is 0.904. The number of rotatable bonds is 3.